The minimum Gasteiger partial charge on any atom is -0.495 e. The summed E-state index contributed by atoms with van der Waals surface area (Å²) < 4.78 is 5.52. The number of nitrogens with zero attached hydrogens (tertiary/aromatic N) is 3. The van der Waals surface area contributed by atoms with E-state index in [4.69, 9.17) is 4.74 Å². The first-order valence-corrected chi connectivity index (χ1v) is 12.1. The number of para-hydroxylation sites is 1. The van der Waals surface area contributed by atoms with Crippen molar-refractivity contribution in [1.82, 2.24) is 14.9 Å². The van der Waals surface area contributed by atoms with Crippen LogP contribution in [0, 0.1) is 5.92 Å². The number of pyridine rings is 2. The van der Waals surface area contributed by atoms with Gasteiger partial charge >= 0.3 is 0 Å². The summed E-state index contributed by atoms with van der Waals surface area (Å²) in [6.07, 6.45) is 8.50. The zero-order valence-corrected chi connectivity index (χ0v) is 20.0. The number of amides is 1. The second-order valence-corrected chi connectivity index (χ2v) is 9.09. The van der Waals surface area contributed by atoms with E-state index >= 15 is 0 Å². The molecule has 0 saturated carbocycles. The summed E-state index contributed by atoms with van der Waals surface area (Å²) in [6, 6.07) is 20.0. The van der Waals surface area contributed by atoms with Gasteiger partial charge in [-0.25, -0.2) is 0 Å². The van der Waals surface area contributed by atoms with Gasteiger partial charge in [-0.15, -0.1) is 0 Å². The Morgan fingerprint density at radius 2 is 2.00 bits per heavy atom. The van der Waals surface area contributed by atoms with Gasteiger partial charge < -0.3 is 15.0 Å². The van der Waals surface area contributed by atoms with E-state index in [0.29, 0.717) is 23.8 Å². The molecule has 0 bridgehead atoms. The van der Waals surface area contributed by atoms with Gasteiger partial charge in [0.15, 0.2) is 0 Å². The van der Waals surface area contributed by atoms with Gasteiger partial charge in [-0.1, -0.05) is 30.3 Å². The quantitative estimate of drug-likeness (QED) is 0.398. The molecule has 1 saturated heterocycles. The molecule has 3 heterocycles. The molecule has 1 amide bonds. The predicted octanol–water partition coefficient (Wildman–Crippen LogP) is 5.35. The molecule has 1 aliphatic heterocycles. The fraction of sp³-hybridized carbons (Fsp3) is 0.276. The molecule has 35 heavy (non-hydrogen) atoms. The Kier molecular flexibility index (Phi) is 6.89. The molecule has 0 radical (unpaired) electrons. The number of ether oxygens (including phenoxy) is 1. The second kappa shape index (κ2) is 10.6. The summed E-state index contributed by atoms with van der Waals surface area (Å²) in [7, 11) is 1.64. The van der Waals surface area contributed by atoms with E-state index < -0.39 is 0 Å². The van der Waals surface area contributed by atoms with Crippen LogP contribution in [-0.2, 0) is 13.0 Å². The zero-order chi connectivity index (χ0) is 24.0. The van der Waals surface area contributed by atoms with Crippen LogP contribution >= 0.6 is 0 Å². The number of piperidine rings is 1. The zero-order valence-electron chi connectivity index (χ0n) is 20.0. The second-order valence-electron chi connectivity index (χ2n) is 9.09. The molecule has 1 N–H and O–H groups in total. The third kappa shape index (κ3) is 5.27. The van der Waals surface area contributed by atoms with Gasteiger partial charge in [0.2, 0.25) is 0 Å². The van der Waals surface area contributed by atoms with Crippen LogP contribution in [0.15, 0.2) is 79.3 Å². The molecule has 1 aliphatic rings. The van der Waals surface area contributed by atoms with E-state index in [1.165, 1.54) is 10.9 Å². The number of methoxy groups -OCH3 is 1. The maximum absolute atomic E-state index is 13.5. The summed E-state index contributed by atoms with van der Waals surface area (Å²) in [5.41, 5.74) is 4.87. The number of nitrogens with one attached hydrogen (secondary N) is 1. The molecule has 1 unspecified atom stereocenters. The summed E-state index contributed by atoms with van der Waals surface area (Å²) in [5.74, 6) is 1.20. The fourth-order valence-corrected chi connectivity index (χ4v) is 4.92. The number of hydrogen-bond donors (Lipinski definition) is 1. The molecule has 178 valence electrons. The number of likely N-dealkylation sites (tertiary alicyclic amines) is 1. The first kappa shape index (κ1) is 22.8. The van der Waals surface area contributed by atoms with Crippen molar-refractivity contribution in [2.45, 2.75) is 25.8 Å². The van der Waals surface area contributed by atoms with Crippen molar-refractivity contribution in [2.24, 2.45) is 5.92 Å². The predicted molar refractivity (Wildman–Crippen MR) is 139 cm³/mol. The molecule has 4 aromatic rings. The van der Waals surface area contributed by atoms with Crippen LogP contribution in [0.5, 0.6) is 5.75 Å². The number of rotatable bonds is 7. The lowest BCUT2D eigenvalue weighted by Gasteiger charge is -2.33. The Hall–Kier alpha value is -3.93. The molecular formula is C29H30N4O2. The number of fused-ring (bicyclic) bond motifs is 1. The van der Waals surface area contributed by atoms with Crippen LogP contribution < -0.4 is 10.1 Å². The van der Waals surface area contributed by atoms with Crippen molar-refractivity contribution < 1.29 is 9.53 Å². The van der Waals surface area contributed by atoms with Gasteiger partial charge in [-0.05, 0) is 66.6 Å². The van der Waals surface area contributed by atoms with Crippen molar-refractivity contribution in [3.8, 4) is 5.75 Å². The topological polar surface area (TPSA) is 67.3 Å². The summed E-state index contributed by atoms with van der Waals surface area (Å²) >= 11 is 0. The lowest BCUT2D eigenvalue weighted by molar-refractivity contribution is 0.0673. The highest BCUT2D eigenvalue weighted by Crippen LogP contribution is 2.29. The summed E-state index contributed by atoms with van der Waals surface area (Å²) in [4.78, 5) is 24.2. The smallest absolute Gasteiger partial charge is 0.253 e. The minimum absolute atomic E-state index is 0.0674. The molecule has 0 spiro atoms. The van der Waals surface area contributed by atoms with Crippen LogP contribution in [0.4, 0.5) is 5.69 Å². The fourth-order valence-electron chi connectivity index (χ4n) is 4.92. The normalized spacial score (nSPS) is 15.7. The van der Waals surface area contributed by atoms with Gasteiger partial charge in [0, 0.05) is 49.2 Å². The largest absolute Gasteiger partial charge is 0.495 e. The van der Waals surface area contributed by atoms with E-state index in [1.54, 1.807) is 13.3 Å². The third-order valence-electron chi connectivity index (χ3n) is 6.68. The molecule has 1 atom stereocenters. The van der Waals surface area contributed by atoms with Crippen LogP contribution in [0.1, 0.15) is 34.3 Å². The van der Waals surface area contributed by atoms with E-state index in [2.05, 4.69) is 39.6 Å². The number of benzene rings is 2. The molecule has 0 aliphatic carbocycles. The van der Waals surface area contributed by atoms with E-state index in [-0.39, 0.29) is 5.91 Å². The van der Waals surface area contributed by atoms with Crippen LogP contribution in [-0.4, -0.2) is 41.0 Å². The highest BCUT2D eigenvalue weighted by Gasteiger charge is 2.25. The average molecular weight is 467 g/mol. The molecule has 2 aromatic heterocycles. The van der Waals surface area contributed by atoms with Crippen molar-refractivity contribution in [2.75, 3.05) is 25.5 Å². The van der Waals surface area contributed by atoms with E-state index in [1.807, 2.05) is 53.7 Å². The highest BCUT2D eigenvalue weighted by molar-refractivity contribution is 5.95. The Morgan fingerprint density at radius 3 is 2.86 bits per heavy atom. The van der Waals surface area contributed by atoms with Crippen LogP contribution in [0.25, 0.3) is 10.9 Å². The van der Waals surface area contributed by atoms with E-state index in [0.717, 1.165) is 49.1 Å². The van der Waals surface area contributed by atoms with Crippen molar-refractivity contribution in [3.05, 3.63) is 95.9 Å². The Morgan fingerprint density at radius 1 is 1.11 bits per heavy atom. The third-order valence-corrected chi connectivity index (χ3v) is 6.68. The van der Waals surface area contributed by atoms with Crippen molar-refractivity contribution in [3.63, 3.8) is 0 Å². The van der Waals surface area contributed by atoms with Crippen LogP contribution in [0.2, 0.25) is 0 Å². The van der Waals surface area contributed by atoms with Gasteiger partial charge in [0.25, 0.3) is 5.91 Å². The number of aromatic nitrogens is 2. The van der Waals surface area contributed by atoms with Crippen molar-refractivity contribution >= 4 is 22.5 Å². The molecule has 6 nitrogen and oxygen atoms in total. The number of hydrogen-bond acceptors (Lipinski definition) is 5. The number of carbonyl (C=O) groups excluding carboxylic acids is 1. The van der Waals surface area contributed by atoms with Crippen LogP contribution in [0.3, 0.4) is 0 Å². The van der Waals surface area contributed by atoms with Gasteiger partial charge in [-0.3, -0.25) is 14.8 Å². The first-order valence-electron chi connectivity index (χ1n) is 12.1. The maximum atomic E-state index is 13.5. The molecule has 2 aromatic carbocycles. The Labute approximate surface area is 206 Å². The van der Waals surface area contributed by atoms with E-state index in [9.17, 15) is 4.79 Å². The maximum Gasteiger partial charge on any atom is 0.253 e. The van der Waals surface area contributed by atoms with Gasteiger partial charge in [0.05, 0.1) is 18.3 Å². The monoisotopic (exact) mass is 466 g/mol. The Bertz CT molecular complexity index is 1300. The lowest BCUT2D eigenvalue weighted by Crippen LogP contribution is -2.40. The highest BCUT2D eigenvalue weighted by atomic mass is 16.5. The van der Waals surface area contributed by atoms with Crippen molar-refractivity contribution in [1.29, 1.82) is 0 Å². The molecule has 5 rings (SSSR count). The average Bonchev–Trinajstić information content (AvgIpc) is 2.92. The first-order chi connectivity index (χ1) is 17.2. The minimum atomic E-state index is 0.0674. The van der Waals surface area contributed by atoms with Gasteiger partial charge in [0.1, 0.15) is 5.75 Å². The molecule has 6 heteroatoms. The SMILES string of the molecule is COc1ccc(C(=O)N2CCCC(Cc3cccc4cccnc34)C2)cc1NCc1cccnc1. The standard InChI is InChI=1S/C29H30N4O2/c1-35-27-12-11-25(17-26(27)32-19-22-6-3-13-30-18-22)29(34)33-15-5-7-21(20-33)16-24-9-2-8-23-10-4-14-31-28(23)24/h2-4,6,8-14,17-18,21,32H,5,7,15-16,19-20H2,1H3. The molecule has 1 fully saturated rings. The summed E-state index contributed by atoms with van der Waals surface area (Å²) in [6.45, 7) is 2.15. The Balaban J connectivity index is 1.29. The number of anilines is 1. The lowest BCUT2D eigenvalue weighted by atomic mass is 9.90. The van der Waals surface area contributed by atoms with Gasteiger partial charge in [-0.2, -0.15) is 0 Å². The summed E-state index contributed by atoms with van der Waals surface area (Å²) in [5, 5.41) is 4.56. The number of carbonyl (C=O) groups is 1. The molecular weight excluding hydrogens is 436 g/mol.